The molecule has 1 heterocycles. The van der Waals surface area contributed by atoms with Crippen molar-refractivity contribution in [1.82, 2.24) is 0 Å². The minimum atomic E-state index is 1.35. The van der Waals surface area contributed by atoms with E-state index in [4.69, 9.17) is 0 Å². The Morgan fingerprint density at radius 1 is 0.882 bits per heavy atom. The summed E-state index contributed by atoms with van der Waals surface area (Å²) >= 11 is 3.79. The van der Waals surface area contributed by atoms with Crippen molar-refractivity contribution >= 4 is 23.1 Å². The molecule has 2 heteroatoms. The van der Waals surface area contributed by atoms with Crippen molar-refractivity contribution in [2.45, 2.75) is 44.4 Å². The molecule has 1 aromatic heterocycles. The molecule has 0 aliphatic rings. The summed E-state index contributed by atoms with van der Waals surface area (Å²) in [7, 11) is 0. The van der Waals surface area contributed by atoms with Gasteiger partial charge < -0.3 is 0 Å². The van der Waals surface area contributed by atoms with Crippen molar-refractivity contribution < 1.29 is 0 Å². The van der Waals surface area contributed by atoms with E-state index in [0.29, 0.717) is 0 Å². The highest BCUT2D eigenvalue weighted by Crippen LogP contribution is 2.38. The average molecular weight is 262 g/mol. The maximum Gasteiger partial charge on any atom is 0.0261 e. The first kappa shape index (κ1) is 12.7. The largest absolute Gasteiger partial charge is 0.145 e. The van der Waals surface area contributed by atoms with Crippen LogP contribution in [-0.4, -0.2) is 0 Å². The van der Waals surface area contributed by atoms with Crippen LogP contribution in [0.3, 0.4) is 0 Å². The molecule has 0 saturated carbocycles. The Bertz CT molecular complexity index is 527. The lowest BCUT2D eigenvalue weighted by Crippen LogP contribution is -1.87. The minimum absolute atomic E-state index is 1.35. The molecule has 0 saturated heterocycles. The smallest absolute Gasteiger partial charge is 0.0261 e. The summed E-state index contributed by atoms with van der Waals surface area (Å²) in [5.74, 6) is 0. The highest BCUT2D eigenvalue weighted by Gasteiger charge is 2.09. The van der Waals surface area contributed by atoms with E-state index in [1.54, 1.807) is 0 Å². The first-order valence-electron chi connectivity index (χ1n) is 5.80. The Morgan fingerprint density at radius 3 is 1.94 bits per heavy atom. The lowest BCUT2D eigenvalue weighted by atomic mass is 10.1. The van der Waals surface area contributed by atoms with Gasteiger partial charge in [-0.1, -0.05) is 29.5 Å². The van der Waals surface area contributed by atoms with Crippen molar-refractivity contribution in [2.75, 3.05) is 0 Å². The second-order valence-electron chi connectivity index (χ2n) is 4.61. The van der Waals surface area contributed by atoms with Gasteiger partial charge in [0.2, 0.25) is 0 Å². The average Bonchev–Trinajstić information content (AvgIpc) is 2.51. The SMILES string of the molecule is Cc1cc(C)c(Sc2cc(C)sc2C)c(C)c1. The van der Waals surface area contributed by atoms with Gasteiger partial charge in [0.25, 0.3) is 0 Å². The van der Waals surface area contributed by atoms with E-state index in [1.165, 1.54) is 36.2 Å². The number of hydrogen-bond acceptors (Lipinski definition) is 2. The summed E-state index contributed by atoms with van der Waals surface area (Å²) in [6.07, 6.45) is 0. The summed E-state index contributed by atoms with van der Waals surface area (Å²) < 4.78 is 0. The zero-order valence-electron chi connectivity index (χ0n) is 11.0. The third-order valence-electron chi connectivity index (χ3n) is 2.81. The van der Waals surface area contributed by atoms with Crippen LogP contribution in [0.1, 0.15) is 26.4 Å². The minimum Gasteiger partial charge on any atom is -0.145 e. The topological polar surface area (TPSA) is 0 Å². The van der Waals surface area contributed by atoms with Crippen LogP contribution in [0.25, 0.3) is 0 Å². The van der Waals surface area contributed by atoms with Gasteiger partial charge in [-0.15, -0.1) is 11.3 Å². The fraction of sp³-hybridized carbons (Fsp3) is 0.333. The van der Waals surface area contributed by atoms with Gasteiger partial charge in [0, 0.05) is 19.5 Å². The molecular weight excluding hydrogens is 244 g/mol. The van der Waals surface area contributed by atoms with Crippen molar-refractivity contribution in [2.24, 2.45) is 0 Å². The Hall–Kier alpha value is -0.730. The highest BCUT2D eigenvalue weighted by atomic mass is 32.2. The van der Waals surface area contributed by atoms with Crippen LogP contribution in [-0.2, 0) is 0 Å². The normalized spacial score (nSPS) is 10.9. The molecule has 0 fully saturated rings. The van der Waals surface area contributed by atoms with Gasteiger partial charge in [-0.3, -0.25) is 0 Å². The van der Waals surface area contributed by atoms with E-state index < -0.39 is 0 Å². The van der Waals surface area contributed by atoms with E-state index in [2.05, 4.69) is 52.8 Å². The molecule has 1 aromatic carbocycles. The summed E-state index contributed by atoms with van der Waals surface area (Å²) in [6.45, 7) is 11.0. The lowest BCUT2D eigenvalue weighted by Gasteiger charge is -2.10. The molecule has 17 heavy (non-hydrogen) atoms. The maximum atomic E-state index is 2.30. The first-order chi connectivity index (χ1) is 7.97. The van der Waals surface area contributed by atoms with Gasteiger partial charge in [-0.25, -0.2) is 0 Å². The van der Waals surface area contributed by atoms with Crippen LogP contribution in [0.2, 0.25) is 0 Å². The monoisotopic (exact) mass is 262 g/mol. The van der Waals surface area contributed by atoms with Crippen LogP contribution in [0.15, 0.2) is 28.0 Å². The number of benzene rings is 1. The maximum absolute atomic E-state index is 2.30. The molecular formula is C15H18S2. The van der Waals surface area contributed by atoms with E-state index in [9.17, 15) is 0 Å². The third kappa shape index (κ3) is 2.75. The van der Waals surface area contributed by atoms with Crippen LogP contribution < -0.4 is 0 Å². The molecule has 0 nitrogen and oxygen atoms in total. The predicted octanol–water partition coefficient (Wildman–Crippen LogP) is 5.44. The van der Waals surface area contributed by atoms with Gasteiger partial charge in [-0.05, 0) is 51.8 Å². The summed E-state index contributed by atoms with van der Waals surface area (Å²) in [5, 5.41) is 0. The molecule has 0 amide bonds. The second-order valence-corrected chi connectivity index (χ2v) is 7.12. The zero-order chi connectivity index (χ0) is 12.6. The van der Waals surface area contributed by atoms with E-state index in [-0.39, 0.29) is 0 Å². The molecule has 90 valence electrons. The van der Waals surface area contributed by atoms with E-state index >= 15 is 0 Å². The van der Waals surface area contributed by atoms with Gasteiger partial charge in [0.15, 0.2) is 0 Å². The molecule has 0 N–H and O–H groups in total. The van der Waals surface area contributed by atoms with Crippen LogP contribution in [0.5, 0.6) is 0 Å². The van der Waals surface area contributed by atoms with Crippen molar-refractivity contribution in [3.05, 3.63) is 44.6 Å². The molecule has 0 unspecified atom stereocenters. The Balaban J connectivity index is 2.39. The highest BCUT2D eigenvalue weighted by molar-refractivity contribution is 7.99. The number of aryl methyl sites for hydroxylation is 5. The molecule has 0 bridgehead atoms. The van der Waals surface area contributed by atoms with Gasteiger partial charge in [0.05, 0.1) is 0 Å². The van der Waals surface area contributed by atoms with Gasteiger partial charge in [-0.2, -0.15) is 0 Å². The molecule has 0 aliphatic heterocycles. The number of thiophene rings is 1. The van der Waals surface area contributed by atoms with Crippen LogP contribution >= 0.6 is 23.1 Å². The third-order valence-corrected chi connectivity index (χ3v) is 5.40. The molecule has 0 aliphatic carbocycles. The fourth-order valence-electron chi connectivity index (χ4n) is 2.15. The van der Waals surface area contributed by atoms with Crippen molar-refractivity contribution in [3.8, 4) is 0 Å². The Morgan fingerprint density at radius 2 is 1.47 bits per heavy atom. The van der Waals surface area contributed by atoms with Gasteiger partial charge >= 0.3 is 0 Å². The van der Waals surface area contributed by atoms with Gasteiger partial charge in [0.1, 0.15) is 0 Å². The summed E-state index contributed by atoms with van der Waals surface area (Å²) in [6, 6.07) is 6.83. The van der Waals surface area contributed by atoms with E-state index in [1.807, 2.05) is 23.1 Å². The van der Waals surface area contributed by atoms with Crippen molar-refractivity contribution in [3.63, 3.8) is 0 Å². The molecule has 2 aromatic rings. The lowest BCUT2D eigenvalue weighted by molar-refractivity contribution is 1.18. The molecule has 2 rings (SSSR count). The quantitative estimate of drug-likeness (QED) is 0.694. The van der Waals surface area contributed by atoms with Crippen LogP contribution in [0.4, 0.5) is 0 Å². The van der Waals surface area contributed by atoms with Crippen LogP contribution in [0, 0.1) is 34.6 Å². The molecule has 0 atom stereocenters. The Labute approximate surface area is 112 Å². The second kappa shape index (κ2) is 4.87. The zero-order valence-corrected chi connectivity index (χ0v) is 12.7. The Kier molecular flexibility index (Phi) is 3.64. The standard InChI is InChI=1S/C15H18S2/c1-9-6-10(2)15(11(3)7-9)17-14-8-12(4)16-13(14)5/h6-8H,1-5H3. The summed E-state index contributed by atoms with van der Waals surface area (Å²) in [4.78, 5) is 5.64. The molecule has 0 radical (unpaired) electrons. The molecule has 0 spiro atoms. The fourth-order valence-corrected chi connectivity index (χ4v) is 4.33. The first-order valence-corrected chi connectivity index (χ1v) is 7.43. The van der Waals surface area contributed by atoms with Crippen molar-refractivity contribution in [1.29, 1.82) is 0 Å². The van der Waals surface area contributed by atoms with E-state index in [0.717, 1.165) is 0 Å². The number of hydrogen-bond donors (Lipinski definition) is 0. The number of rotatable bonds is 2. The summed E-state index contributed by atoms with van der Waals surface area (Å²) in [5.41, 5.74) is 4.12. The predicted molar refractivity (Wildman–Crippen MR) is 78.6 cm³/mol.